The number of fused-ring (bicyclic) bond motifs is 1. The summed E-state index contributed by atoms with van der Waals surface area (Å²) < 4.78 is 0. The Morgan fingerprint density at radius 3 is 1.69 bits per heavy atom. The molecule has 0 saturated carbocycles. The molecule has 84 valence electrons. The van der Waals surface area contributed by atoms with Gasteiger partial charge in [0.15, 0.2) is 0 Å². The zero-order valence-corrected chi connectivity index (χ0v) is 10.2. The minimum atomic E-state index is -0.0674. The van der Waals surface area contributed by atoms with Crippen LogP contribution in [0.3, 0.4) is 0 Å². The molecule has 2 atom stereocenters. The van der Waals surface area contributed by atoms with Gasteiger partial charge >= 0.3 is 0 Å². The van der Waals surface area contributed by atoms with Gasteiger partial charge in [-0.3, -0.25) is 0 Å². The topological polar surface area (TPSA) is 24.7 Å². The van der Waals surface area contributed by atoms with Crippen molar-refractivity contribution in [1.29, 1.82) is 0 Å². The lowest BCUT2D eigenvalue weighted by Gasteiger charge is -2.08. The van der Waals surface area contributed by atoms with Crippen LogP contribution in [-0.4, -0.2) is 23.8 Å². The molecule has 2 rings (SSSR count). The molecule has 4 heteroatoms. The van der Waals surface area contributed by atoms with Crippen molar-refractivity contribution < 1.29 is 0 Å². The third-order valence-corrected chi connectivity index (χ3v) is 3.05. The highest BCUT2D eigenvalue weighted by Gasteiger charge is 2.07. The summed E-state index contributed by atoms with van der Waals surface area (Å²) in [6.45, 7) is 0. The summed E-state index contributed by atoms with van der Waals surface area (Å²) in [7, 11) is 0. The molecular weight excluding hydrogens is 243 g/mol. The van der Waals surface area contributed by atoms with E-state index < -0.39 is 0 Å². The highest BCUT2D eigenvalue weighted by molar-refractivity contribution is 6.19. The SMILES string of the molecule is ClCC1C=c2ccccc2=CC(CCl)N=N1. The van der Waals surface area contributed by atoms with Crippen LogP contribution in [0.4, 0.5) is 0 Å². The van der Waals surface area contributed by atoms with Crippen molar-refractivity contribution in [3.63, 3.8) is 0 Å². The number of alkyl halides is 2. The maximum atomic E-state index is 5.84. The van der Waals surface area contributed by atoms with Crippen LogP contribution in [0, 0.1) is 0 Å². The average Bonchev–Trinajstić information content (AvgIpc) is 2.30. The molecule has 0 saturated heterocycles. The van der Waals surface area contributed by atoms with E-state index in [4.69, 9.17) is 23.2 Å². The van der Waals surface area contributed by atoms with E-state index in [2.05, 4.69) is 22.4 Å². The summed E-state index contributed by atoms with van der Waals surface area (Å²) in [5.41, 5.74) is 0. The second-order valence-corrected chi connectivity index (χ2v) is 4.25. The predicted octanol–water partition coefficient (Wildman–Crippen LogP) is 1.93. The summed E-state index contributed by atoms with van der Waals surface area (Å²) in [4.78, 5) is 0. The van der Waals surface area contributed by atoms with E-state index in [0.29, 0.717) is 11.8 Å². The number of halogens is 2. The van der Waals surface area contributed by atoms with E-state index in [1.54, 1.807) is 0 Å². The van der Waals surface area contributed by atoms with Gasteiger partial charge in [-0.15, -0.1) is 23.2 Å². The lowest BCUT2D eigenvalue weighted by atomic mass is 10.1. The molecule has 0 radical (unpaired) electrons. The van der Waals surface area contributed by atoms with Crippen LogP contribution < -0.4 is 10.4 Å². The minimum Gasteiger partial charge on any atom is -0.185 e. The predicted molar refractivity (Wildman–Crippen MR) is 68.5 cm³/mol. The Bertz CT molecular complexity index is 451. The van der Waals surface area contributed by atoms with E-state index >= 15 is 0 Å². The van der Waals surface area contributed by atoms with Crippen molar-refractivity contribution in [2.24, 2.45) is 10.2 Å². The van der Waals surface area contributed by atoms with Crippen LogP contribution in [0.25, 0.3) is 12.2 Å². The van der Waals surface area contributed by atoms with E-state index in [9.17, 15) is 0 Å². The Labute approximate surface area is 104 Å². The van der Waals surface area contributed by atoms with Crippen LogP contribution in [0.5, 0.6) is 0 Å². The van der Waals surface area contributed by atoms with Crippen molar-refractivity contribution >= 4 is 35.4 Å². The smallest absolute Gasteiger partial charge is 0.103 e. The molecule has 0 spiro atoms. The number of rotatable bonds is 2. The molecule has 16 heavy (non-hydrogen) atoms. The van der Waals surface area contributed by atoms with Crippen molar-refractivity contribution in [2.45, 2.75) is 12.1 Å². The lowest BCUT2D eigenvalue weighted by Crippen LogP contribution is -2.29. The first-order chi connectivity index (χ1) is 7.83. The van der Waals surface area contributed by atoms with Crippen LogP contribution in [0.2, 0.25) is 0 Å². The highest BCUT2D eigenvalue weighted by atomic mass is 35.5. The molecule has 0 fully saturated rings. The van der Waals surface area contributed by atoms with Crippen LogP contribution in [-0.2, 0) is 0 Å². The molecule has 1 aliphatic heterocycles. The Morgan fingerprint density at radius 2 is 1.31 bits per heavy atom. The van der Waals surface area contributed by atoms with Crippen molar-refractivity contribution in [3.8, 4) is 0 Å². The number of benzene rings is 1. The molecule has 1 heterocycles. The lowest BCUT2D eigenvalue weighted by molar-refractivity contribution is 0.783. The van der Waals surface area contributed by atoms with Gasteiger partial charge in [0.25, 0.3) is 0 Å². The Hall–Kier alpha value is -0.860. The minimum absolute atomic E-state index is 0.0674. The first-order valence-corrected chi connectivity index (χ1v) is 6.21. The second-order valence-electron chi connectivity index (χ2n) is 3.64. The average molecular weight is 255 g/mol. The second kappa shape index (κ2) is 5.46. The number of nitrogens with zero attached hydrogens (tertiary/aromatic N) is 2. The summed E-state index contributed by atoms with van der Waals surface area (Å²) in [5.74, 6) is 0.875. The van der Waals surface area contributed by atoms with E-state index in [-0.39, 0.29) is 12.1 Å². The third-order valence-electron chi connectivity index (χ3n) is 2.42. The quantitative estimate of drug-likeness (QED) is 0.721. The summed E-state index contributed by atoms with van der Waals surface area (Å²) in [6, 6.07) is 7.98. The zero-order chi connectivity index (χ0) is 11.4. The molecule has 0 N–H and O–H groups in total. The van der Waals surface area contributed by atoms with Gasteiger partial charge in [-0.25, -0.2) is 0 Å². The molecular formula is C12H12Cl2N2. The first-order valence-electron chi connectivity index (χ1n) is 5.14. The molecule has 1 aliphatic rings. The fraction of sp³-hybridized carbons (Fsp3) is 0.333. The fourth-order valence-corrected chi connectivity index (χ4v) is 1.92. The van der Waals surface area contributed by atoms with Crippen LogP contribution >= 0.6 is 23.2 Å². The first kappa shape index (κ1) is 11.6. The number of azo groups is 1. The van der Waals surface area contributed by atoms with Crippen LogP contribution in [0.15, 0.2) is 34.5 Å². The third kappa shape index (κ3) is 2.63. The van der Waals surface area contributed by atoms with Gasteiger partial charge in [-0.2, -0.15) is 10.2 Å². The number of hydrogen-bond donors (Lipinski definition) is 0. The van der Waals surface area contributed by atoms with Crippen LogP contribution in [0.1, 0.15) is 0 Å². The van der Waals surface area contributed by atoms with Crippen molar-refractivity contribution in [2.75, 3.05) is 11.8 Å². The molecule has 1 aromatic carbocycles. The van der Waals surface area contributed by atoms with Gasteiger partial charge in [0.1, 0.15) is 12.1 Å². The molecule has 0 aliphatic carbocycles. The normalized spacial score (nSPS) is 23.6. The Kier molecular flexibility index (Phi) is 3.97. The van der Waals surface area contributed by atoms with E-state index in [0.717, 1.165) is 10.4 Å². The number of hydrogen-bond acceptors (Lipinski definition) is 2. The van der Waals surface area contributed by atoms with Crippen molar-refractivity contribution in [1.82, 2.24) is 0 Å². The van der Waals surface area contributed by atoms with Gasteiger partial charge in [-0.05, 0) is 22.6 Å². The summed E-state index contributed by atoms with van der Waals surface area (Å²) >= 11 is 11.7. The van der Waals surface area contributed by atoms with Gasteiger partial charge in [0, 0.05) is 0 Å². The van der Waals surface area contributed by atoms with E-state index in [1.165, 1.54) is 0 Å². The van der Waals surface area contributed by atoms with E-state index in [1.807, 2.05) is 24.3 Å². The van der Waals surface area contributed by atoms with Gasteiger partial charge in [-0.1, -0.05) is 24.3 Å². The zero-order valence-electron chi connectivity index (χ0n) is 8.68. The summed E-state index contributed by atoms with van der Waals surface area (Å²) in [6.07, 6.45) is 4.07. The maximum Gasteiger partial charge on any atom is 0.103 e. The molecule has 0 bridgehead atoms. The Balaban J connectivity index is 2.59. The molecule has 1 aromatic rings. The monoisotopic (exact) mass is 254 g/mol. The van der Waals surface area contributed by atoms with Gasteiger partial charge in [0.05, 0.1) is 11.8 Å². The fourth-order valence-electron chi connectivity index (χ4n) is 1.62. The molecule has 2 nitrogen and oxygen atoms in total. The maximum absolute atomic E-state index is 5.84. The molecule has 0 amide bonds. The largest absolute Gasteiger partial charge is 0.185 e. The van der Waals surface area contributed by atoms with Gasteiger partial charge < -0.3 is 0 Å². The van der Waals surface area contributed by atoms with Gasteiger partial charge in [0.2, 0.25) is 0 Å². The highest BCUT2D eigenvalue weighted by Crippen LogP contribution is 2.04. The standard InChI is InChI=1S/C12H12Cl2N2/c13-7-11-5-9-3-1-2-4-10(9)6-12(8-14)16-15-11/h1-6,11-12H,7-8H2. The Morgan fingerprint density at radius 1 is 0.875 bits per heavy atom. The summed E-state index contributed by atoms with van der Waals surface area (Å²) in [5, 5.41) is 10.6. The molecule has 2 unspecified atom stereocenters. The van der Waals surface area contributed by atoms with Crippen molar-refractivity contribution in [3.05, 3.63) is 34.7 Å². The molecule has 0 aromatic heterocycles.